The second-order valence-electron chi connectivity index (χ2n) is 4.38. The number of ether oxygens (including phenoxy) is 1. The van der Waals surface area contributed by atoms with Gasteiger partial charge in [0, 0.05) is 22.2 Å². The summed E-state index contributed by atoms with van der Waals surface area (Å²) in [5, 5.41) is -0.905. The number of alkyl halides is 1. The predicted octanol–water partition coefficient (Wildman–Crippen LogP) is 5.37. The van der Waals surface area contributed by atoms with E-state index in [0.717, 1.165) is 22.2 Å². The van der Waals surface area contributed by atoms with Crippen molar-refractivity contribution in [2.24, 2.45) is 0 Å². The molecule has 0 saturated carbocycles. The van der Waals surface area contributed by atoms with Crippen LogP contribution >= 0.6 is 27.5 Å². The van der Waals surface area contributed by atoms with Gasteiger partial charge in [-0.05, 0) is 24.1 Å². The Morgan fingerprint density at radius 3 is 2.25 bits per heavy atom. The summed E-state index contributed by atoms with van der Waals surface area (Å²) in [6, 6.07) is 7.60. The molecule has 0 heterocycles. The number of aryl methyl sites for hydroxylation is 1. The number of halogens is 4. The molecule has 0 aliphatic heterocycles. The Labute approximate surface area is 129 Å². The highest BCUT2D eigenvalue weighted by molar-refractivity contribution is 9.10. The molecule has 0 spiro atoms. The molecule has 0 radical (unpaired) electrons. The Bertz CT molecular complexity index is 623. The van der Waals surface area contributed by atoms with Crippen molar-refractivity contribution in [3.63, 3.8) is 0 Å². The van der Waals surface area contributed by atoms with Gasteiger partial charge in [0.15, 0.2) is 0 Å². The molecule has 0 saturated heterocycles. The Hall–Kier alpha value is -1.13. The van der Waals surface area contributed by atoms with Crippen LogP contribution in [0.25, 0.3) is 0 Å². The van der Waals surface area contributed by atoms with Gasteiger partial charge in [0.1, 0.15) is 17.4 Å². The fourth-order valence-electron chi connectivity index (χ4n) is 1.85. The van der Waals surface area contributed by atoms with Crippen molar-refractivity contribution in [3.8, 4) is 5.75 Å². The van der Waals surface area contributed by atoms with Crippen molar-refractivity contribution in [2.75, 3.05) is 7.11 Å². The van der Waals surface area contributed by atoms with Crippen molar-refractivity contribution in [2.45, 2.75) is 12.3 Å². The molecule has 1 atom stereocenters. The summed E-state index contributed by atoms with van der Waals surface area (Å²) < 4.78 is 33.7. The topological polar surface area (TPSA) is 9.23 Å². The molecule has 2 rings (SSSR count). The molecule has 106 valence electrons. The van der Waals surface area contributed by atoms with Gasteiger partial charge >= 0.3 is 0 Å². The van der Waals surface area contributed by atoms with Crippen LogP contribution in [0.4, 0.5) is 8.78 Å². The van der Waals surface area contributed by atoms with Crippen molar-refractivity contribution < 1.29 is 13.5 Å². The van der Waals surface area contributed by atoms with Crippen LogP contribution in [0.2, 0.25) is 0 Å². The average molecular weight is 362 g/mol. The minimum absolute atomic E-state index is 0.123. The van der Waals surface area contributed by atoms with Crippen molar-refractivity contribution >= 4 is 27.5 Å². The van der Waals surface area contributed by atoms with Gasteiger partial charge in [-0.25, -0.2) is 8.78 Å². The Morgan fingerprint density at radius 2 is 1.75 bits per heavy atom. The standard InChI is InChI=1S/C15H12BrClF2O/c1-8-3-4-9(5-11(8)16)15(17)14-12(18)6-10(20-2)7-13(14)19/h3-7,15H,1-2H3. The summed E-state index contributed by atoms with van der Waals surface area (Å²) in [6.45, 7) is 1.92. The number of methoxy groups -OCH3 is 1. The van der Waals surface area contributed by atoms with Gasteiger partial charge in [-0.2, -0.15) is 0 Å². The predicted molar refractivity (Wildman–Crippen MR) is 79.5 cm³/mol. The molecule has 0 aliphatic rings. The van der Waals surface area contributed by atoms with Crippen LogP contribution < -0.4 is 4.74 Å². The molecular formula is C15H12BrClF2O. The lowest BCUT2D eigenvalue weighted by atomic mass is 10.0. The summed E-state index contributed by atoms with van der Waals surface area (Å²) in [5.74, 6) is -1.32. The zero-order valence-electron chi connectivity index (χ0n) is 10.9. The molecule has 0 aliphatic carbocycles. The first kappa shape index (κ1) is 15.3. The van der Waals surface area contributed by atoms with Crippen LogP contribution in [0, 0.1) is 18.6 Å². The highest BCUT2D eigenvalue weighted by Gasteiger charge is 2.21. The molecule has 2 aromatic rings. The summed E-state index contributed by atoms with van der Waals surface area (Å²) in [6.07, 6.45) is 0. The van der Waals surface area contributed by atoms with E-state index >= 15 is 0 Å². The van der Waals surface area contributed by atoms with Gasteiger partial charge in [0.2, 0.25) is 0 Å². The summed E-state index contributed by atoms with van der Waals surface area (Å²) in [4.78, 5) is 0. The van der Waals surface area contributed by atoms with E-state index in [1.165, 1.54) is 7.11 Å². The van der Waals surface area contributed by atoms with Gasteiger partial charge in [-0.1, -0.05) is 28.1 Å². The fourth-order valence-corrected chi connectivity index (χ4v) is 2.60. The molecule has 20 heavy (non-hydrogen) atoms. The molecule has 0 aromatic heterocycles. The number of hydrogen-bond donors (Lipinski definition) is 0. The van der Waals surface area contributed by atoms with E-state index in [0.29, 0.717) is 5.56 Å². The zero-order chi connectivity index (χ0) is 14.9. The molecule has 0 bridgehead atoms. The summed E-state index contributed by atoms with van der Waals surface area (Å²) in [5.41, 5.74) is 1.46. The van der Waals surface area contributed by atoms with E-state index in [1.54, 1.807) is 12.1 Å². The minimum atomic E-state index is -0.905. The van der Waals surface area contributed by atoms with Crippen molar-refractivity contribution in [1.29, 1.82) is 0 Å². The molecule has 1 nitrogen and oxygen atoms in total. The lowest BCUT2D eigenvalue weighted by Crippen LogP contribution is -2.02. The number of hydrogen-bond acceptors (Lipinski definition) is 1. The molecule has 2 aromatic carbocycles. The van der Waals surface area contributed by atoms with Crippen LogP contribution in [0.1, 0.15) is 22.1 Å². The molecule has 0 amide bonds. The first-order chi connectivity index (χ1) is 9.43. The van der Waals surface area contributed by atoms with Crippen LogP contribution in [-0.2, 0) is 0 Å². The number of benzene rings is 2. The van der Waals surface area contributed by atoms with Gasteiger partial charge < -0.3 is 4.74 Å². The summed E-state index contributed by atoms with van der Waals surface area (Å²) in [7, 11) is 1.35. The Morgan fingerprint density at radius 1 is 1.15 bits per heavy atom. The monoisotopic (exact) mass is 360 g/mol. The lowest BCUT2D eigenvalue weighted by Gasteiger charge is -2.14. The lowest BCUT2D eigenvalue weighted by molar-refractivity contribution is 0.405. The fraction of sp³-hybridized carbons (Fsp3) is 0.200. The minimum Gasteiger partial charge on any atom is -0.497 e. The maximum absolute atomic E-state index is 14.0. The smallest absolute Gasteiger partial charge is 0.134 e. The molecular weight excluding hydrogens is 350 g/mol. The third kappa shape index (κ3) is 2.96. The van der Waals surface area contributed by atoms with Gasteiger partial charge in [0.25, 0.3) is 0 Å². The Kier molecular flexibility index (Phi) is 4.66. The molecule has 0 fully saturated rings. The third-order valence-corrected chi connectivity index (χ3v) is 4.35. The second-order valence-corrected chi connectivity index (χ2v) is 5.67. The van der Waals surface area contributed by atoms with Gasteiger partial charge in [-0.3, -0.25) is 0 Å². The van der Waals surface area contributed by atoms with E-state index in [1.807, 2.05) is 13.0 Å². The molecule has 0 N–H and O–H groups in total. The van der Waals surface area contributed by atoms with Crippen LogP contribution in [0.15, 0.2) is 34.8 Å². The highest BCUT2D eigenvalue weighted by atomic mass is 79.9. The first-order valence-corrected chi connectivity index (χ1v) is 7.10. The summed E-state index contributed by atoms with van der Waals surface area (Å²) >= 11 is 9.60. The van der Waals surface area contributed by atoms with Crippen LogP contribution in [-0.4, -0.2) is 7.11 Å². The zero-order valence-corrected chi connectivity index (χ0v) is 13.2. The second kappa shape index (κ2) is 6.10. The Balaban J connectivity index is 2.47. The quantitative estimate of drug-likeness (QED) is 0.668. The maximum Gasteiger partial charge on any atom is 0.134 e. The largest absolute Gasteiger partial charge is 0.497 e. The van der Waals surface area contributed by atoms with E-state index in [4.69, 9.17) is 16.3 Å². The van der Waals surface area contributed by atoms with E-state index in [2.05, 4.69) is 15.9 Å². The number of rotatable bonds is 3. The highest BCUT2D eigenvalue weighted by Crippen LogP contribution is 2.35. The van der Waals surface area contributed by atoms with Crippen LogP contribution in [0.5, 0.6) is 5.75 Å². The van der Waals surface area contributed by atoms with Gasteiger partial charge in [-0.15, -0.1) is 11.6 Å². The van der Waals surface area contributed by atoms with Crippen LogP contribution in [0.3, 0.4) is 0 Å². The van der Waals surface area contributed by atoms with E-state index in [-0.39, 0.29) is 11.3 Å². The van der Waals surface area contributed by atoms with E-state index in [9.17, 15) is 8.78 Å². The van der Waals surface area contributed by atoms with Gasteiger partial charge in [0.05, 0.1) is 12.5 Å². The SMILES string of the molecule is COc1cc(F)c(C(Cl)c2ccc(C)c(Br)c2)c(F)c1. The van der Waals surface area contributed by atoms with E-state index < -0.39 is 17.0 Å². The van der Waals surface area contributed by atoms with Crippen molar-refractivity contribution in [1.82, 2.24) is 0 Å². The third-order valence-electron chi connectivity index (χ3n) is 3.03. The normalized spacial score (nSPS) is 12.3. The molecule has 1 unspecified atom stereocenters. The first-order valence-electron chi connectivity index (χ1n) is 5.87. The maximum atomic E-state index is 14.0. The molecule has 5 heteroatoms. The average Bonchev–Trinajstić information content (AvgIpc) is 2.40. The van der Waals surface area contributed by atoms with Crippen molar-refractivity contribution in [3.05, 3.63) is 63.1 Å².